The number of hydrogen-bond donors (Lipinski definition) is 1. The van der Waals surface area contributed by atoms with Crippen molar-refractivity contribution in [1.82, 2.24) is 4.90 Å². The van der Waals surface area contributed by atoms with Gasteiger partial charge in [0.1, 0.15) is 6.04 Å². The number of ether oxygens (including phenoxy) is 2. The van der Waals surface area contributed by atoms with E-state index in [1.54, 1.807) is 24.3 Å². The number of carboxylic acids is 1. The van der Waals surface area contributed by atoms with Gasteiger partial charge in [-0.15, -0.1) is 0 Å². The van der Waals surface area contributed by atoms with Crippen molar-refractivity contribution in [3.05, 3.63) is 29.8 Å². The Morgan fingerprint density at radius 1 is 1.35 bits per heavy atom. The maximum absolute atomic E-state index is 11.8. The predicted octanol–water partition coefficient (Wildman–Crippen LogP) is 1.36. The fourth-order valence-electron chi connectivity index (χ4n) is 1.66. The van der Waals surface area contributed by atoms with Gasteiger partial charge in [-0.3, -0.25) is 4.79 Å². The molecule has 1 heterocycles. The third kappa shape index (κ3) is 2.90. The molecule has 2 rings (SSSR count). The number of fused-ring (bicyclic) bond motifs is 1. The number of aliphatic carboxylic acids is 1. The van der Waals surface area contributed by atoms with Gasteiger partial charge in [-0.25, -0.2) is 4.79 Å². The molecule has 0 aliphatic carbocycles. The summed E-state index contributed by atoms with van der Waals surface area (Å²) >= 11 is 0. The molecule has 0 radical (unpaired) electrons. The summed E-state index contributed by atoms with van der Waals surface area (Å²) in [7, 11) is 1.45. The van der Waals surface area contributed by atoms with Crippen molar-refractivity contribution in [2.75, 3.05) is 13.8 Å². The molecule has 1 N–H and O–H groups in total. The standard InChI is InChI=1S/C14H15NO5/c1-9(14(17)18)15(2)13(16)6-4-10-3-5-11-12(7-10)20-8-19-11/h3-7,9H,8H2,1-2H3,(H,17,18)/b6-4+/t9-/m1/s1. The zero-order valence-electron chi connectivity index (χ0n) is 11.2. The summed E-state index contributed by atoms with van der Waals surface area (Å²) in [5, 5.41) is 8.84. The van der Waals surface area contributed by atoms with E-state index in [0.29, 0.717) is 11.5 Å². The van der Waals surface area contributed by atoms with E-state index in [-0.39, 0.29) is 12.7 Å². The Labute approximate surface area is 116 Å². The van der Waals surface area contributed by atoms with Gasteiger partial charge < -0.3 is 19.5 Å². The first kappa shape index (κ1) is 13.9. The van der Waals surface area contributed by atoms with Crippen LogP contribution in [0, 0.1) is 0 Å². The van der Waals surface area contributed by atoms with Crippen LogP contribution in [0.2, 0.25) is 0 Å². The second-order valence-corrected chi connectivity index (χ2v) is 4.41. The molecule has 6 heteroatoms. The van der Waals surface area contributed by atoms with Crippen LogP contribution in [0.25, 0.3) is 6.08 Å². The van der Waals surface area contributed by atoms with Gasteiger partial charge in [0.05, 0.1) is 0 Å². The Hall–Kier alpha value is -2.50. The quantitative estimate of drug-likeness (QED) is 0.841. The number of hydrogen-bond acceptors (Lipinski definition) is 4. The van der Waals surface area contributed by atoms with Crippen LogP contribution in [0.15, 0.2) is 24.3 Å². The minimum Gasteiger partial charge on any atom is -0.480 e. The number of carbonyl (C=O) groups excluding carboxylic acids is 1. The lowest BCUT2D eigenvalue weighted by molar-refractivity contribution is -0.146. The first-order valence-electron chi connectivity index (χ1n) is 6.06. The van der Waals surface area contributed by atoms with Gasteiger partial charge in [0, 0.05) is 13.1 Å². The van der Waals surface area contributed by atoms with Crippen LogP contribution in [0.4, 0.5) is 0 Å². The van der Waals surface area contributed by atoms with Crippen molar-refractivity contribution in [2.45, 2.75) is 13.0 Å². The molecule has 0 fully saturated rings. The Balaban J connectivity index is 2.05. The van der Waals surface area contributed by atoms with Gasteiger partial charge in [-0.2, -0.15) is 0 Å². The van der Waals surface area contributed by atoms with Crippen molar-refractivity contribution in [3.8, 4) is 11.5 Å². The molecule has 0 unspecified atom stereocenters. The number of nitrogens with zero attached hydrogens (tertiary/aromatic N) is 1. The van der Waals surface area contributed by atoms with E-state index in [0.717, 1.165) is 10.5 Å². The van der Waals surface area contributed by atoms with Crippen molar-refractivity contribution in [1.29, 1.82) is 0 Å². The average molecular weight is 277 g/mol. The number of rotatable bonds is 4. The van der Waals surface area contributed by atoms with Crippen molar-refractivity contribution < 1.29 is 24.2 Å². The van der Waals surface area contributed by atoms with Crippen molar-refractivity contribution in [2.24, 2.45) is 0 Å². The molecule has 106 valence electrons. The SMILES string of the molecule is C[C@H](C(=O)O)N(C)C(=O)/C=C/c1ccc2c(c1)OCO2. The lowest BCUT2D eigenvalue weighted by Gasteiger charge is -2.19. The van der Waals surface area contributed by atoms with Crippen LogP contribution in [0.3, 0.4) is 0 Å². The van der Waals surface area contributed by atoms with E-state index < -0.39 is 12.0 Å². The first-order chi connectivity index (χ1) is 9.49. The van der Waals surface area contributed by atoms with Gasteiger partial charge in [0.25, 0.3) is 0 Å². The summed E-state index contributed by atoms with van der Waals surface area (Å²) < 4.78 is 10.4. The second-order valence-electron chi connectivity index (χ2n) is 4.41. The average Bonchev–Trinajstić information content (AvgIpc) is 2.90. The normalized spacial score (nSPS) is 14.3. The summed E-state index contributed by atoms with van der Waals surface area (Å²) in [5.41, 5.74) is 0.777. The molecule has 0 aromatic heterocycles. The molecule has 1 aromatic carbocycles. The monoisotopic (exact) mass is 277 g/mol. The van der Waals surface area contributed by atoms with Crippen LogP contribution in [0.5, 0.6) is 11.5 Å². The van der Waals surface area contributed by atoms with Gasteiger partial charge in [-0.05, 0) is 30.7 Å². The van der Waals surface area contributed by atoms with E-state index in [1.165, 1.54) is 20.0 Å². The maximum Gasteiger partial charge on any atom is 0.326 e. The van der Waals surface area contributed by atoms with Crippen LogP contribution in [-0.2, 0) is 9.59 Å². The Morgan fingerprint density at radius 2 is 2.05 bits per heavy atom. The number of carbonyl (C=O) groups is 2. The number of benzene rings is 1. The summed E-state index contributed by atoms with van der Waals surface area (Å²) in [4.78, 5) is 23.8. The molecule has 0 spiro atoms. The highest BCUT2D eigenvalue weighted by Crippen LogP contribution is 2.32. The number of likely N-dealkylation sites (N-methyl/N-ethyl adjacent to an activating group) is 1. The van der Waals surface area contributed by atoms with E-state index in [9.17, 15) is 9.59 Å². The predicted molar refractivity (Wildman–Crippen MR) is 71.5 cm³/mol. The molecule has 1 aromatic rings. The first-order valence-corrected chi connectivity index (χ1v) is 6.06. The zero-order chi connectivity index (χ0) is 14.7. The van der Waals surface area contributed by atoms with Gasteiger partial charge in [0.15, 0.2) is 11.5 Å². The summed E-state index contributed by atoms with van der Waals surface area (Å²) in [6.07, 6.45) is 2.94. The molecule has 0 saturated heterocycles. The van der Waals surface area contributed by atoms with Gasteiger partial charge in [0.2, 0.25) is 12.7 Å². The van der Waals surface area contributed by atoms with Crippen molar-refractivity contribution >= 4 is 18.0 Å². The molecular formula is C14H15NO5. The van der Waals surface area contributed by atoms with E-state index in [2.05, 4.69) is 0 Å². The lowest BCUT2D eigenvalue weighted by Crippen LogP contribution is -2.39. The fourth-order valence-corrected chi connectivity index (χ4v) is 1.66. The smallest absolute Gasteiger partial charge is 0.326 e. The minimum atomic E-state index is -1.04. The maximum atomic E-state index is 11.8. The molecule has 1 amide bonds. The highest BCUT2D eigenvalue weighted by atomic mass is 16.7. The molecule has 6 nitrogen and oxygen atoms in total. The van der Waals surface area contributed by atoms with Crippen LogP contribution < -0.4 is 9.47 Å². The van der Waals surface area contributed by atoms with E-state index >= 15 is 0 Å². The highest BCUT2D eigenvalue weighted by molar-refractivity contribution is 5.94. The van der Waals surface area contributed by atoms with Crippen molar-refractivity contribution in [3.63, 3.8) is 0 Å². The summed E-state index contributed by atoms with van der Waals surface area (Å²) in [6, 6.07) is 4.43. The summed E-state index contributed by atoms with van der Waals surface area (Å²) in [5.74, 6) is -0.119. The fraction of sp³-hybridized carbons (Fsp3) is 0.286. The Kier molecular flexibility index (Phi) is 3.93. The van der Waals surface area contributed by atoms with Crippen LogP contribution in [0.1, 0.15) is 12.5 Å². The molecular weight excluding hydrogens is 262 g/mol. The van der Waals surface area contributed by atoms with Gasteiger partial charge in [-0.1, -0.05) is 6.07 Å². The third-order valence-electron chi connectivity index (χ3n) is 3.10. The summed E-state index contributed by atoms with van der Waals surface area (Å²) in [6.45, 7) is 1.65. The van der Waals surface area contributed by atoms with E-state index in [4.69, 9.17) is 14.6 Å². The van der Waals surface area contributed by atoms with Crippen LogP contribution in [-0.4, -0.2) is 41.8 Å². The number of carboxylic acid groups (broad SMARTS) is 1. The molecule has 20 heavy (non-hydrogen) atoms. The Morgan fingerprint density at radius 3 is 2.75 bits per heavy atom. The molecule has 1 aliphatic heterocycles. The van der Waals surface area contributed by atoms with Crippen LogP contribution >= 0.6 is 0 Å². The Bertz CT molecular complexity index is 567. The second kappa shape index (κ2) is 5.64. The molecule has 1 aliphatic rings. The largest absolute Gasteiger partial charge is 0.480 e. The lowest BCUT2D eigenvalue weighted by atomic mass is 10.2. The minimum absolute atomic E-state index is 0.195. The number of amides is 1. The molecule has 0 saturated carbocycles. The molecule has 1 atom stereocenters. The van der Waals surface area contributed by atoms with Gasteiger partial charge >= 0.3 is 5.97 Å². The van der Waals surface area contributed by atoms with E-state index in [1.807, 2.05) is 0 Å². The topological polar surface area (TPSA) is 76.1 Å². The third-order valence-corrected chi connectivity index (χ3v) is 3.10. The zero-order valence-corrected chi connectivity index (χ0v) is 11.2. The molecule has 0 bridgehead atoms. The highest BCUT2D eigenvalue weighted by Gasteiger charge is 2.19.